The van der Waals surface area contributed by atoms with Crippen LogP contribution in [0.3, 0.4) is 0 Å². The second kappa shape index (κ2) is 6.72. The monoisotopic (exact) mass is 297 g/mol. The van der Waals surface area contributed by atoms with Crippen LogP contribution in [0.2, 0.25) is 0 Å². The number of hydrogen-bond donors (Lipinski definition) is 0. The van der Waals surface area contributed by atoms with Crippen molar-refractivity contribution >= 4 is 5.78 Å². The molecule has 0 spiro atoms. The topological polar surface area (TPSA) is 40.9 Å². The van der Waals surface area contributed by atoms with E-state index >= 15 is 0 Å². The molecule has 3 aromatic rings. The molecule has 0 aliphatic carbocycles. The van der Waals surface area contributed by atoms with Crippen molar-refractivity contribution in [3.63, 3.8) is 0 Å². The molecule has 0 aliphatic rings. The molecule has 110 valence electrons. The van der Waals surface area contributed by atoms with E-state index in [1.165, 1.54) is 0 Å². The first-order valence-corrected chi connectivity index (χ1v) is 7.44. The summed E-state index contributed by atoms with van der Waals surface area (Å²) in [5, 5.41) is 9.65. The number of hydrogen-bond acceptors (Lipinski definition) is 2. The van der Waals surface area contributed by atoms with Crippen molar-refractivity contribution in [3.05, 3.63) is 107 Å². The summed E-state index contributed by atoms with van der Waals surface area (Å²) in [6.45, 7) is 0. The van der Waals surface area contributed by atoms with Gasteiger partial charge in [-0.25, -0.2) is 0 Å². The zero-order valence-corrected chi connectivity index (χ0v) is 12.5. The Balaban J connectivity index is 2.08. The summed E-state index contributed by atoms with van der Waals surface area (Å²) in [5.41, 5.74) is 2.84. The summed E-state index contributed by atoms with van der Waals surface area (Å²) in [5.74, 6) is -0.516. The molecular weight excluding hydrogens is 282 g/mol. The summed E-state index contributed by atoms with van der Waals surface area (Å²) in [4.78, 5) is 12.8. The highest BCUT2D eigenvalue weighted by molar-refractivity contribution is 6.10. The summed E-state index contributed by atoms with van der Waals surface area (Å²) >= 11 is 0. The zero-order chi connectivity index (χ0) is 16.1. The lowest BCUT2D eigenvalue weighted by molar-refractivity contribution is 0.103. The third-order valence-corrected chi connectivity index (χ3v) is 3.81. The normalized spacial score (nSPS) is 11.4. The maximum atomic E-state index is 12.8. The Morgan fingerprint density at radius 2 is 1.35 bits per heavy atom. The van der Waals surface area contributed by atoms with Crippen molar-refractivity contribution in [2.24, 2.45) is 0 Å². The molecule has 2 nitrogen and oxygen atoms in total. The van der Waals surface area contributed by atoms with E-state index in [2.05, 4.69) is 6.07 Å². The predicted octanol–water partition coefficient (Wildman–Crippen LogP) is 4.57. The molecule has 0 heterocycles. The van der Waals surface area contributed by atoms with Gasteiger partial charge in [-0.3, -0.25) is 4.79 Å². The maximum absolute atomic E-state index is 12.8. The minimum atomic E-state index is -0.458. The summed E-state index contributed by atoms with van der Waals surface area (Å²) in [6, 6.07) is 28.4. The van der Waals surface area contributed by atoms with Crippen LogP contribution in [0.15, 0.2) is 84.9 Å². The second-order valence-electron chi connectivity index (χ2n) is 5.26. The van der Waals surface area contributed by atoms with Crippen LogP contribution in [0, 0.1) is 11.3 Å². The molecule has 0 amide bonds. The molecule has 23 heavy (non-hydrogen) atoms. The number of rotatable bonds is 4. The van der Waals surface area contributed by atoms with Gasteiger partial charge in [-0.2, -0.15) is 5.26 Å². The van der Waals surface area contributed by atoms with Gasteiger partial charge in [0.25, 0.3) is 0 Å². The molecule has 3 aromatic carbocycles. The van der Waals surface area contributed by atoms with Crippen LogP contribution < -0.4 is 0 Å². The minimum Gasteiger partial charge on any atom is -0.289 e. The molecule has 0 fully saturated rings. The van der Waals surface area contributed by atoms with E-state index in [1.54, 1.807) is 18.2 Å². The highest BCUT2D eigenvalue weighted by atomic mass is 16.1. The van der Waals surface area contributed by atoms with Gasteiger partial charge in [-0.1, -0.05) is 84.9 Å². The standard InChI is InChI=1S/C21H15NO/c22-15-20(16-9-3-1-4-10-16)18-13-7-8-14-19(18)21(23)17-11-5-2-6-12-17/h1-14,20H/t20-/m0/s1. The van der Waals surface area contributed by atoms with Crippen LogP contribution in [0.25, 0.3) is 0 Å². The lowest BCUT2D eigenvalue weighted by Gasteiger charge is -2.14. The average molecular weight is 297 g/mol. The molecule has 0 saturated heterocycles. The number of ketones is 1. The van der Waals surface area contributed by atoms with E-state index in [0.29, 0.717) is 11.1 Å². The highest BCUT2D eigenvalue weighted by Crippen LogP contribution is 2.28. The van der Waals surface area contributed by atoms with E-state index in [9.17, 15) is 10.1 Å². The fourth-order valence-corrected chi connectivity index (χ4v) is 2.67. The average Bonchev–Trinajstić information content (AvgIpc) is 2.64. The van der Waals surface area contributed by atoms with Gasteiger partial charge in [-0.05, 0) is 11.1 Å². The van der Waals surface area contributed by atoms with E-state index < -0.39 is 5.92 Å². The Bertz CT molecular complexity index is 848. The number of carbonyl (C=O) groups is 1. The Kier molecular flexibility index (Phi) is 4.31. The summed E-state index contributed by atoms with van der Waals surface area (Å²) < 4.78 is 0. The van der Waals surface area contributed by atoms with Gasteiger partial charge < -0.3 is 0 Å². The maximum Gasteiger partial charge on any atom is 0.193 e. The van der Waals surface area contributed by atoms with Crippen LogP contribution >= 0.6 is 0 Å². The van der Waals surface area contributed by atoms with Gasteiger partial charge >= 0.3 is 0 Å². The first kappa shape index (κ1) is 14.7. The Morgan fingerprint density at radius 1 is 0.783 bits per heavy atom. The zero-order valence-electron chi connectivity index (χ0n) is 12.5. The molecule has 1 atom stereocenters. The van der Waals surface area contributed by atoms with E-state index in [4.69, 9.17) is 0 Å². The van der Waals surface area contributed by atoms with Crippen molar-refractivity contribution in [1.82, 2.24) is 0 Å². The first-order chi connectivity index (χ1) is 11.3. The molecular formula is C21H15NO. The Labute approximate surface area is 135 Å². The van der Waals surface area contributed by atoms with Crippen molar-refractivity contribution in [2.75, 3.05) is 0 Å². The fourth-order valence-electron chi connectivity index (χ4n) is 2.67. The van der Waals surface area contributed by atoms with Crippen LogP contribution in [0.5, 0.6) is 0 Å². The van der Waals surface area contributed by atoms with Crippen molar-refractivity contribution in [1.29, 1.82) is 5.26 Å². The smallest absolute Gasteiger partial charge is 0.193 e. The number of nitriles is 1. The minimum absolute atomic E-state index is 0.0580. The molecule has 0 saturated carbocycles. The molecule has 0 aromatic heterocycles. The van der Waals surface area contributed by atoms with Gasteiger partial charge in [0.2, 0.25) is 0 Å². The van der Waals surface area contributed by atoms with E-state index in [-0.39, 0.29) is 5.78 Å². The first-order valence-electron chi connectivity index (χ1n) is 7.44. The quantitative estimate of drug-likeness (QED) is 0.662. The fraction of sp³-hybridized carbons (Fsp3) is 0.0476. The molecule has 0 radical (unpaired) electrons. The predicted molar refractivity (Wildman–Crippen MR) is 90.2 cm³/mol. The van der Waals surface area contributed by atoms with Crippen molar-refractivity contribution in [2.45, 2.75) is 5.92 Å². The van der Waals surface area contributed by atoms with Crippen LogP contribution in [0.4, 0.5) is 0 Å². The molecule has 0 unspecified atom stereocenters. The number of benzene rings is 3. The van der Waals surface area contributed by atoms with Crippen LogP contribution in [0.1, 0.15) is 33.0 Å². The summed E-state index contributed by atoms with van der Waals surface area (Å²) in [7, 11) is 0. The highest BCUT2D eigenvalue weighted by Gasteiger charge is 2.20. The van der Waals surface area contributed by atoms with E-state index in [1.807, 2.05) is 66.7 Å². The van der Waals surface area contributed by atoms with Crippen molar-refractivity contribution < 1.29 is 4.79 Å². The third-order valence-electron chi connectivity index (χ3n) is 3.81. The van der Waals surface area contributed by atoms with Crippen LogP contribution in [-0.2, 0) is 0 Å². The second-order valence-corrected chi connectivity index (χ2v) is 5.26. The van der Waals surface area contributed by atoms with E-state index in [0.717, 1.165) is 11.1 Å². The summed E-state index contributed by atoms with van der Waals surface area (Å²) in [6.07, 6.45) is 0. The van der Waals surface area contributed by atoms with Crippen molar-refractivity contribution in [3.8, 4) is 6.07 Å². The number of nitrogens with zero attached hydrogens (tertiary/aromatic N) is 1. The Hall–Kier alpha value is -3.18. The Morgan fingerprint density at radius 3 is 2.00 bits per heavy atom. The lowest BCUT2D eigenvalue weighted by atomic mass is 9.86. The van der Waals surface area contributed by atoms with Crippen LogP contribution in [-0.4, -0.2) is 5.78 Å². The van der Waals surface area contributed by atoms with Gasteiger partial charge in [-0.15, -0.1) is 0 Å². The van der Waals surface area contributed by atoms with Gasteiger partial charge in [0.15, 0.2) is 5.78 Å². The molecule has 0 N–H and O–H groups in total. The molecule has 0 aliphatic heterocycles. The molecule has 0 bridgehead atoms. The molecule has 2 heteroatoms. The SMILES string of the molecule is N#C[C@@H](c1ccccc1)c1ccccc1C(=O)c1ccccc1. The van der Waals surface area contributed by atoms with Gasteiger partial charge in [0.1, 0.15) is 0 Å². The van der Waals surface area contributed by atoms with Gasteiger partial charge in [0.05, 0.1) is 12.0 Å². The number of carbonyl (C=O) groups excluding carboxylic acids is 1. The van der Waals surface area contributed by atoms with Gasteiger partial charge in [0, 0.05) is 11.1 Å². The third kappa shape index (κ3) is 3.04. The molecule has 3 rings (SSSR count). The lowest BCUT2D eigenvalue weighted by Crippen LogP contribution is -2.09. The largest absolute Gasteiger partial charge is 0.289 e.